The Hall–Kier alpha value is -3.69. The number of nitrogens with one attached hydrogen (secondary N) is 2. The topological polar surface area (TPSA) is 111 Å². The summed E-state index contributed by atoms with van der Waals surface area (Å²) in [6.07, 6.45) is -1.49. The maximum absolute atomic E-state index is 13.1. The number of benzene rings is 3. The summed E-state index contributed by atoms with van der Waals surface area (Å²) in [6, 6.07) is 20.3. The molecular weight excluding hydrogens is 468 g/mol. The molecule has 8 nitrogen and oxygen atoms in total. The Kier molecular flexibility index (Phi) is 8.62. The van der Waals surface area contributed by atoms with Crippen LogP contribution in [0.15, 0.2) is 77.7 Å². The number of ether oxygens (including phenoxy) is 2. The van der Waals surface area contributed by atoms with Gasteiger partial charge in [0.15, 0.2) is 0 Å². The van der Waals surface area contributed by atoms with Gasteiger partial charge in [-0.25, -0.2) is 13.1 Å². The summed E-state index contributed by atoms with van der Waals surface area (Å²) < 4.78 is 38.0. The van der Waals surface area contributed by atoms with Gasteiger partial charge < -0.3 is 14.8 Å². The lowest BCUT2D eigenvalue weighted by Crippen LogP contribution is -2.29. The first-order chi connectivity index (χ1) is 16.7. The predicted molar refractivity (Wildman–Crippen MR) is 133 cm³/mol. The van der Waals surface area contributed by atoms with Crippen molar-refractivity contribution in [1.29, 1.82) is 0 Å². The van der Waals surface area contributed by atoms with Crippen LogP contribution >= 0.6 is 0 Å². The van der Waals surface area contributed by atoms with Crippen molar-refractivity contribution in [2.45, 2.75) is 31.3 Å². The van der Waals surface area contributed by atoms with Gasteiger partial charge in [0.2, 0.25) is 16.1 Å². The number of anilines is 1. The van der Waals surface area contributed by atoms with Gasteiger partial charge >= 0.3 is 5.97 Å². The number of amides is 1. The van der Waals surface area contributed by atoms with Crippen molar-refractivity contribution in [3.8, 4) is 5.75 Å². The zero-order chi connectivity index (χ0) is 25.4. The van der Waals surface area contributed by atoms with E-state index in [1.165, 1.54) is 19.2 Å². The fourth-order valence-electron chi connectivity index (χ4n) is 3.30. The third-order valence-electron chi connectivity index (χ3n) is 5.16. The molecule has 0 bridgehead atoms. The Morgan fingerprint density at radius 3 is 2.23 bits per heavy atom. The molecule has 1 amide bonds. The van der Waals surface area contributed by atoms with Gasteiger partial charge in [0.25, 0.3) is 5.91 Å². The first-order valence-electron chi connectivity index (χ1n) is 11.0. The second-order valence-electron chi connectivity index (χ2n) is 7.93. The third-order valence-corrected chi connectivity index (χ3v) is 6.63. The SMILES string of the molecule is COc1ccc(C)cc1NC(=O)C(OC(=O)CCNS(=O)(=O)c1ccc(C)cc1)c1ccccc1. The van der Waals surface area contributed by atoms with Gasteiger partial charge in [0, 0.05) is 12.1 Å². The lowest BCUT2D eigenvalue weighted by molar-refractivity contribution is -0.154. The molecule has 0 spiro atoms. The molecule has 0 saturated heterocycles. The van der Waals surface area contributed by atoms with Crippen LogP contribution < -0.4 is 14.8 Å². The van der Waals surface area contributed by atoms with E-state index < -0.39 is 28.0 Å². The fourth-order valence-corrected chi connectivity index (χ4v) is 4.33. The van der Waals surface area contributed by atoms with E-state index in [0.717, 1.165) is 11.1 Å². The zero-order valence-electron chi connectivity index (χ0n) is 19.8. The molecule has 1 atom stereocenters. The van der Waals surface area contributed by atoms with Crippen molar-refractivity contribution in [2.75, 3.05) is 19.0 Å². The molecule has 184 valence electrons. The number of sulfonamides is 1. The van der Waals surface area contributed by atoms with Crippen molar-refractivity contribution in [2.24, 2.45) is 0 Å². The van der Waals surface area contributed by atoms with Crippen LogP contribution in [0.3, 0.4) is 0 Å². The minimum atomic E-state index is -3.77. The van der Waals surface area contributed by atoms with E-state index in [9.17, 15) is 18.0 Å². The van der Waals surface area contributed by atoms with Crippen molar-refractivity contribution < 1.29 is 27.5 Å². The maximum atomic E-state index is 13.1. The summed E-state index contributed by atoms with van der Waals surface area (Å²) in [5.41, 5.74) is 2.77. The van der Waals surface area contributed by atoms with Crippen LogP contribution in [-0.2, 0) is 24.3 Å². The van der Waals surface area contributed by atoms with Crippen molar-refractivity contribution in [3.05, 3.63) is 89.5 Å². The Morgan fingerprint density at radius 1 is 0.914 bits per heavy atom. The summed E-state index contributed by atoms with van der Waals surface area (Å²) in [6.45, 7) is 3.56. The number of carbonyl (C=O) groups excluding carboxylic acids is 2. The van der Waals surface area contributed by atoms with E-state index in [2.05, 4.69) is 10.0 Å². The van der Waals surface area contributed by atoms with Gasteiger partial charge in [-0.15, -0.1) is 0 Å². The summed E-state index contributed by atoms with van der Waals surface area (Å²) in [4.78, 5) is 25.8. The first kappa shape index (κ1) is 25.9. The minimum Gasteiger partial charge on any atom is -0.495 e. The molecule has 0 aliphatic carbocycles. The van der Waals surface area contributed by atoms with Gasteiger partial charge in [-0.1, -0.05) is 54.1 Å². The van der Waals surface area contributed by atoms with E-state index in [-0.39, 0.29) is 17.9 Å². The Labute approximate surface area is 205 Å². The number of aryl methyl sites for hydroxylation is 2. The van der Waals surface area contributed by atoms with E-state index in [0.29, 0.717) is 17.0 Å². The molecule has 0 fully saturated rings. The summed E-state index contributed by atoms with van der Waals surface area (Å²) in [7, 11) is -2.28. The molecule has 0 radical (unpaired) electrons. The number of hydrogen-bond acceptors (Lipinski definition) is 6. The van der Waals surface area contributed by atoms with Crippen LogP contribution in [0.5, 0.6) is 5.75 Å². The summed E-state index contributed by atoms with van der Waals surface area (Å²) in [5.74, 6) is -0.821. The number of carbonyl (C=O) groups is 2. The molecule has 3 aromatic carbocycles. The first-order valence-corrected chi connectivity index (χ1v) is 12.4. The second kappa shape index (κ2) is 11.6. The molecule has 3 rings (SSSR count). The Bertz CT molecular complexity index is 1270. The van der Waals surface area contributed by atoms with Gasteiger partial charge in [-0.3, -0.25) is 9.59 Å². The van der Waals surface area contributed by atoms with E-state index in [4.69, 9.17) is 9.47 Å². The monoisotopic (exact) mass is 496 g/mol. The number of rotatable bonds is 10. The lowest BCUT2D eigenvalue weighted by Gasteiger charge is -2.19. The molecule has 2 N–H and O–H groups in total. The highest BCUT2D eigenvalue weighted by molar-refractivity contribution is 7.89. The number of methoxy groups -OCH3 is 1. The number of esters is 1. The fraction of sp³-hybridized carbons (Fsp3) is 0.231. The predicted octanol–water partition coefficient (Wildman–Crippen LogP) is 3.90. The van der Waals surface area contributed by atoms with Crippen LogP contribution in [-0.4, -0.2) is 33.9 Å². The highest BCUT2D eigenvalue weighted by atomic mass is 32.2. The highest BCUT2D eigenvalue weighted by Gasteiger charge is 2.26. The van der Waals surface area contributed by atoms with Crippen LogP contribution in [0, 0.1) is 13.8 Å². The summed E-state index contributed by atoms with van der Waals surface area (Å²) in [5, 5.41) is 2.76. The standard InChI is InChI=1S/C26H28N2O6S/c1-18-9-12-21(13-10-18)35(31,32)27-16-15-24(29)34-25(20-7-5-4-6-8-20)26(30)28-22-17-19(2)11-14-23(22)33-3/h4-14,17,25,27H,15-16H2,1-3H3,(H,28,30). The second-order valence-corrected chi connectivity index (χ2v) is 9.70. The average molecular weight is 497 g/mol. The van der Waals surface area contributed by atoms with Crippen LogP contribution in [0.1, 0.15) is 29.2 Å². The Balaban J connectivity index is 1.68. The molecule has 0 aromatic heterocycles. The highest BCUT2D eigenvalue weighted by Crippen LogP contribution is 2.28. The molecule has 0 aliphatic heterocycles. The van der Waals surface area contributed by atoms with Gasteiger partial charge in [-0.05, 0) is 43.7 Å². The van der Waals surface area contributed by atoms with Gasteiger partial charge in [-0.2, -0.15) is 0 Å². The Morgan fingerprint density at radius 2 is 1.57 bits per heavy atom. The maximum Gasteiger partial charge on any atom is 0.308 e. The van der Waals surface area contributed by atoms with E-state index in [1.807, 2.05) is 19.9 Å². The third kappa shape index (κ3) is 7.14. The zero-order valence-corrected chi connectivity index (χ0v) is 20.6. The van der Waals surface area contributed by atoms with Gasteiger partial charge in [0.1, 0.15) is 5.75 Å². The van der Waals surface area contributed by atoms with E-state index >= 15 is 0 Å². The smallest absolute Gasteiger partial charge is 0.308 e. The molecule has 3 aromatic rings. The normalized spacial score (nSPS) is 12.0. The summed E-state index contributed by atoms with van der Waals surface area (Å²) >= 11 is 0. The van der Waals surface area contributed by atoms with Crippen molar-refractivity contribution >= 4 is 27.6 Å². The lowest BCUT2D eigenvalue weighted by atomic mass is 10.1. The van der Waals surface area contributed by atoms with Crippen molar-refractivity contribution in [3.63, 3.8) is 0 Å². The molecule has 0 saturated carbocycles. The van der Waals surface area contributed by atoms with Crippen molar-refractivity contribution in [1.82, 2.24) is 4.72 Å². The number of hydrogen-bond donors (Lipinski definition) is 2. The molecule has 9 heteroatoms. The molecular formula is C26H28N2O6S. The largest absolute Gasteiger partial charge is 0.495 e. The van der Waals surface area contributed by atoms with Crippen LogP contribution in [0.2, 0.25) is 0 Å². The molecule has 1 unspecified atom stereocenters. The minimum absolute atomic E-state index is 0.102. The molecule has 0 aliphatic rings. The molecule has 35 heavy (non-hydrogen) atoms. The average Bonchev–Trinajstić information content (AvgIpc) is 2.83. The van der Waals surface area contributed by atoms with Gasteiger partial charge in [0.05, 0.1) is 24.1 Å². The van der Waals surface area contributed by atoms with E-state index in [1.54, 1.807) is 54.6 Å². The quantitative estimate of drug-likeness (QED) is 0.412. The van der Waals surface area contributed by atoms with Crippen LogP contribution in [0.25, 0.3) is 0 Å². The molecule has 0 heterocycles. The van der Waals surface area contributed by atoms with Crippen LogP contribution in [0.4, 0.5) is 5.69 Å².